The first-order chi connectivity index (χ1) is 9.27. The standard InChI is InChI=1S/C14H20N2O3S/c1-9-10(2)13(19-5)12(4)14(11(9)3)20(17,18)16-8-6-7-15/h16H,6,8H2,1-5H3. The number of sulfonamides is 1. The minimum atomic E-state index is -3.65. The van der Waals surface area contributed by atoms with Gasteiger partial charge in [-0.1, -0.05) is 0 Å². The first-order valence-electron chi connectivity index (χ1n) is 6.28. The summed E-state index contributed by atoms with van der Waals surface area (Å²) in [4.78, 5) is 0.246. The van der Waals surface area contributed by atoms with Gasteiger partial charge < -0.3 is 4.74 Å². The molecule has 0 fully saturated rings. The molecule has 0 radical (unpaired) electrons. The van der Waals surface area contributed by atoms with Gasteiger partial charge in [0.05, 0.1) is 18.1 Å². The molecule has 0 saturated carbocycles. The topological polar surface area (TPSA) is 79.2 Å². The van der Waals surface area contributed by atoms with Crippen LogP contribution in [-0.4, -0.2) is 22.1 Å². The SMILES string of the molecule is COc1c(C)c(C)c(C)c(S(=O)(=O)NCCC#N)c1C. The highest BCUT2D eigenvalue weighted by Crippen LogP contribution is 2.34. The van der Waals surface area contributed by atoms with Crippen LogP contribution in [0.1, 0.15) is 28.7 Å². The van der Waals surface area contributed by atoms with Crippen molar-refractivity contribution in [2.24, 2.45) is 0 Å². The smallest absolute Gasteiger partial charge is 0.241 e. The van der Waals surface area contributed by atoms with Crippen LogP contribution in [0.5, 0.6) is 5.75 Å². The van der Waals surface area contributed by atoms with E-state index in [9.17, 15) is 8.42 Å². The molecule has 5 nitrogen and oxygen atoms in total. The van der Waals surface area contributed by atoms with Crippen molar-refractivity contribution in [1.82, 2.24) is 4.72 Å². The second-order valence-corrected chi connectivity index (χ2v) is 6.37. The van der Waals surface area contributed by atoms with Crippen LogP contribution in [0.3, 0.4) is 0 Å². The molecule has 1 rings (SSSR count). The Morgan fingerprint density at radius 1 is 1.10 bits per heavy atom. The van der Waals surface area contributed by atoms with E-state index in [1.165, 1.54) is 7.11 Å². The molecule has 1 aromatic rings. The minimum absolute atomic E-state index is 0.104. The second-order valence-electron chi connectivity index (χ2n) is 4.67. The Bertz CT molecular complexity index is 658. The van der Waals surface area contributed by atoms with Crippen molar-refractivity contribution in [3.63, 3.8) is 0 Å². The lowest BCUT2D eigenvalue weighted by Gasteiger charge is -2.19. The molecule has 0 aromatic heterocycles. The number of benzene rings is 1. The van der Waals surface area contributed by atoms with E-state index in [-0.39, 0.29) is 17.9 Å². The molecule has 0 aliphatic carbocycles. The third kappa shape index (κ3) is 2.94. The molecule has 0 amide bonds. The summed E-state index contributed by atoms with van der Waals surface area (Å²) in [6, 6.07) is 1.91. The Labute approximate surface area is 120 Å². The molecule has 6 heteroatoms. The number of methoxy groups -OCH3 is 1. The Morgan fingerprint density at radius 3 is 2.20 bits per heavy atom. The molecule has 0 heterocycles. The first kappa shape index (κ1) is 16.5. The van der Waals surface area contributed by atoms with Gasteiger partial charge in [-0.15, -0.1) is 0 Å². The van der Waals surface area contributed by atoms with E-state index in [0.29, 0.717) is 16.9 Å². The summed E-state index contributed by atoms with van der Waals surface area (Å²) >= 11 is 0. The van der Waals surface area contributed by atoms with Gasteiger partial charge in [-0.25, -0.2) is 13.1 Å². The van der Waals surface area contributed by atoms with Crippen LogP contribution >= 0.6 is 0 Å². The van der Waals surface area contributed by atoms with Crippen molar-refractivity contribution in [3.8, 4) is 11.8 Å². The van der Waals surface area contributed by atoms with Crippen LogP contribution in [0.15, 0.2) is 4.90 Å². The molecule has 110 valence electrons. The highest BCUT2D eigenvalue weighted by atomic mass is 32.2. The molecule has 0 saturated heterocycles. The van der Waals surface area contributed by atoms with Gasteiger partial charge in [-0.2, -0.15) is 5.26 Å². The third-order valence-corrected chi connectivity index (χ3v) is 5.22. The fourth-order valence-corrected chi connectivity index (χ4v) is 3.88. The van der Waals surface area contributed by atoms with Gasteiger partial charge in [0, 0.05) is 18.5 Å². The number of hydrogen-bond donors (Lipinski definition) is 1. The minimum Gasteiger partial charge on any atom is -0.496 e. The normalized spacial score (nSPS) is 11.2. The van der Waals surface area contributed by atoms with Gasteiger partial charge >= 0.3 is 0 Å². The van der Waals surface area contributed by atoms with Gasteiger partial charge in [-0.3, -0.25) is 0 Å². The number of rotatable bonds is 5. The molecule has 0 aliphatic heterocycles. The molecule has 0 atom stereocenters. The number of nitriles is 1. The van der Waals surface area contributed by atoms with Crippen LogP contribution < -0.4 is 9.46 Å². The zero-order valence-electron chi connectivity index (χ0n) is 12.5. The Balaban J connectivity index is 3.46. The molecule has 0 spiro atoms. The number of nitrogens with one attached hydrogen (secondary N) is 1. The first-order valence-corrected chi connectivity index (χ1v) is 7.77. The molecule has 1 aromatic carbocycles. The molecular formula is C14H20N2O3S. The highest BCUT2D eigenvalue weighted by Gasteiger charge is 2.24. The van der Waals surface area contributed by atoms with E-state index in [4.69, 9.17) is 10.00 Å². The quantitative estimate of drug-likeness (QED) is 0.844. The van der Waals surface area contributed by atoms with Crippen molar-refractivity contribution < 1.29 is 13.2 Å². The van der Waals surface area contributed by atoms with E-state index in [1.807, 2.05) is 19.9 Å². The van der Waals surface area contributed by atoms with Gasteiger partial charge in [0.2, 0.25) is 10.0 Å². The highest BCUT2D eigenvalue weighted by molar-refractivity contribution is 7.89. The summed E-state index contributed by atoms with van der Waals surface area (Å²) in [6.45, 7) is 7.41. The molecule has 1 N–H and O–H groups in total. The maximum absolute atomic E-state index is 12.4. The maximum Gasteiger partial charge on any atom is 0.241 e. The van der Waals surface area contributed by atoms with Crippen molar-refractivity contribution in [3.05, 3.63) is 22.3 Å². The second kappa shape index (κ2) is 6.25. The Hall–Kier alpha value is -1.58. The average molecular weight is 296 g/mol. The molecular weight excluding hydrogens is 276 g/mol. The van der Waals surface area contributed by atoms with E-state index >= 15 is 0 Å². The van der Waals surface area contributed by atoms with Crippen LogP contribution in [0.25, 0.3) is 0 Å². The summed E-state index contributed by atoms with van der Waals surface area (Å²) in [5.41, 5.74) is 3.15. The van der Waals surface area contributed by atoms with Gasteiger partial charge in [0.15, 0.2) is 0 Å². The van der Waals surface area contributed by atoms with Crippen molar-refractivity contribution >= 4 is 10.0 Å². The number of ether oxygens (including phenoxy) is 1. The number of nitrogens with zero attached hydrogens (tertiary/aromatic N) is 1. The molecule has 0 bridgehead atoms. The fourth-order valence-electron chi connectivity index (χ4n) is 2.31. The van der Waals surface area contributed by atoms with Gasteiger partial charge in [0.25, 0.3) is 0 Å². The Kier molecular flexibility index (Phi) is 5.15. The van der Waals surface area contributed by atoms with Gasteiger partial charge in [-0.05, 0) is 44.4 Å². The average Bonchev–Trinajstić information content (AvgIpc) is 2.37. The lowest BCUT2D eigenvalue weighted by Crippen LogP contribution is -2.26. The lowest BCUT2D eigenvalue weighted by atomic mass is 9.99. The molecule has 20 heavy (non-hydrogen) atoms. The summed E-state index contributed by atoms with van der Waals surface area (Å²) in [6.07, 6.45) is 0.138. The van der Waals surface area contributed by atoms with Crippen molar-refractivity contribution in [2.45, 2.75) is 39.0 Å². The molecule has 0 aliphatic rings. The van der Waals surface area contributed by atoms with E-state index in [1.54, 1.807) is 13.8 Å². The van der Waals surface area contributed by atoms with Gasteiger partial charge in [0.1, 0.15) is 5.75 Å². The van der Waals surface area contributed by atoms with Crippen LogP contribution in [-0.2, 0) is 10.0 Å². The molecule has 0 unspecified atom stereocenters. The van der Waals surface area contributed by atoms with Crippen molar-refractivity contribution in [2.75, 3.05) is 13.7 Å². The van der Waals surface area contributed by atoms with E-state index in [0.717, 1.165) is 11.1 Å². The zero-order valence-corrected chi connectivity index (χ0v) is 13.3. The van der Waals surface area contributed by atoms with Crippen LogP contribution in [0.2, 0.25) is 0 Å². The predicted molar refractivity (Wildman–Crippen MR) is 77.4 cm³/mol. The maximum atomic E-state index is 12.4. The van der Waals surface area contributed by atoms with E-state index in [2.05, 4.69) is 4.72 Å². The largest absolute Gasteiger partial charge is 0.496 e. The van der Waals surface area contributed by atoms with Crippen molar-refractivity contribution in [1.29, 1.82) is 5.26 Å². The Morgan fingerprint density at radius 2 is 1.70 bits per heavy atom. The predicted octanol–water partition coefficient (Wildman–Crippen LogP) is 2.12. The summed E-state index contributed by atoms with van der Waals surface area (Å²) in [7, 11) is -2.12. The lowest BCUT2D eigenvalue weighted by molar-refractivity contribution is 0.406. The fraction of sp³-hybridized carbons (Fsp3) is 0.500. The monoisotopic (exact) mass is 296 g/mol. The van der Waals surface area contributed by atoms with Crippen LogP contribution in [0, 0.1) is 39.0 Å². The zero-order chi connectivity index (χ0) is 15.5. The van der Waals surface area contributed by atoms with Crippen LogP contribution in [0.4, 0.5) is 0 Å². The summed E-state index contributed by atoms with van der Waals surface area (Å²) in [5.74, 6) is 0.591. The summed E-state index contributed by atoms with van der Waals surface area (Å²) in [5, 5.41) is 8.50. The summed E-state index contributed by atoms with van der Waals surface area (Å²) < 4.78 is 32.6. The van der Waals surface area contributed by atoms with E-state index < -0.39 is 10.0 Å². The third-order valence-electron chi connectivity index (χ3n) is 3.49. The number of hydrogen-bond acceptors (Lipinski definition) is 4.